The van der Waals surface area contributed by atoms with E-state index in [0.717, 1.165) is 44.7 Å². The molecule has 0 spiro atoms. The molecule has 6 heteroatoms. The molecule has 6 nitrogen and oxygen atoms in total. The van der Waals surface area contributed by atoms with Gasteiger partial charge in [-0.3, -0.25) is 9.55 Å². The van der Waals surface area contributed by atoms with E-state index < -0.39 is 0 Å². The Balaban J connectivity index is 1.37. The molecule has 1 aliphatic rings. The summed E-state index contributed by atoms with van der Waals surface area (Å²) in [5, 5.41) is 0. The summed E-state index contributed by atoms with van der Waals surface area (Å²) in [7, 11) is 0. The van der Waals surface area contributed by atoms with Crippen molar-refractivity contribution in [3.63, 3.8) is 0 Å². The Bertz CT molecular complexity index is 614. The highest BCUT2D eigenvalue weighted by Crippen LogP contribution is 2.15. The molecule has 3 rings (SSSR count). The smallest absolute Gasteiger partial charge is 0.325 e. The van der Waals surface area contributed by atoms with E-state index in [1.807, 2.05) is 18.2 Å². The van der Waals surface area contributed by atoms with Crippen molar-refractivity contribution in [1.29, 1.82) is 0 Å². The monoisotopic (exact) mass is 302 g/mol. The van der Waals surface area contributed by atoms with Gasteiger partial charge in [0.2, 0.25) is 0 Å². The van der Waals surface area contributed by atoms with Gasteiger partial charge in [0.15, 0.2) is 0 Å². The molecule has 3 heterocycles. The molecule has 0 bridgehead atoms. The van der Waals surface area contributed by atoms with Crippen LogP contribution in [0.15, 0.2) is 41.6 Å². The van der Waals surface area contributed by atoms with E-state index in [4.69, 9.17) is 4.74 Å². The molecule has 2 aromatic heterocycles. The molecule has 0 unspecified atom stereocenters. The van der Waals surface area contributed by atoms with Crippen LogP contribution in [0.2, 0.25) is 0 Å². The normalized spacial score (nSPS) is 16.9. The Morgan fingerprint density at radius 3 is 2.82 bits per heavy atom. The summed E-state index contributed by atoms with van der Waals surface area (Å²) in [5.41, 5.74) is 0.949. The Labute approximate surface area is 129 Å². The summed E-state index contributed by atoms with van der Waals surface area (Å²) in [4.78, 5) is 20.7. The van der Waals surface area contributed by atoms with Crippen LogP contribution in [-0.2, 0) is 17.9 Å². The third kappa shape index (κ3) is 4.05. The number of likely N-dealkylation sites (tertiary alicyclic amines) is 1. The van der Waals surface area contributed by atoms with Gasteiger partial charge in [-0.2, -0.15) is 0 Å². The van der Waals surface area contributed by atoms with Crippen molar-refractivity contribution in [2.24, 2.45) is 0 Å². The average Bonchev–Trinajstić information content (AvgIpc) is 2.98. The van der Waals surface area contributed by atoms with E-state index in [1.165, 1.54) is 0 Å². The van der Waals surface area contributed by atoms with Crippen molar-refractivity contribution in [3.05, 3.63) is 53.0 Å². The molecule has 1 N–H and O–H groups in total. The zero-order valence-corrected chi connectivity index (χ0v) is 12.6. The Morgan fingerprint density at radius 1 is 1.27 bits per heavy atom. The third-order valence-corrected chi connectivity index (χ3v) is 4.11. The first kappa shape index (κ1) is 15.0. The summed E-state index contributed by atoms with van der Waals surface area (Å²) >= 11 is 0. The zero-order chi connectivity index (χ0) is 15.2. The highest BCUT2D eigenvalue weighted by molar-refractivity contribution is 5.02. The van der Waals surface area contributed by atoms with Crippen molar-refractivity contribution < 1.29 is 4.74 Å². The average molecular weight is 302 g/mol. The maximum Gasteiger partial charge on any atom is 0.325 e. The van der Waals surface area contributed by atoms with Gasteiger partial charge in [-0.1, -0.05) is 6.07 Å². The van der Waals surface area contributed by atoms with Crippen LogP contribution in [0, 0.1) is 0 Å². The minimum Gasteiger partial charge on any atom is -0.372 e. The summed E-state index contributed by atoms with van der Waals surface area (Å²) < 4.78 is 7.65. The predicted octanol–water partition coefficient (Wildman–Crippen LogP) is 1.25. The Kier molecular flexibility index (Phi) is 5.03. The molecule has 0 radical (unpaired) electrons. The molecule has 1 saturated heterocycles. The molecular weight excluding hydrogens is 280 g/mol. The number of pyridine rings is 1. The molecule has 1 aliphatic heterocycles. The van der Waals surface area contributed by atoms with Gasteiger partial charge in [0.05, 0.1) is 18.4 Å². The zero-order valence-electron chi connectivity index (χ0n) is 12.6. The third-order valence-electron chi connectivity index (χ3n) is 4.11. The second-order valence-corrected chi connectivity index (χ2v) is 5.63. The van der Waals surface area contributed by atoms with Crippen LogP contribution in [0.1, 0.15) is 18.5 Å². The second-order valence-electron chi connectivity index (χ2n) is 5.63. The molecule has 0 amide bonds. The van der Waals surface area contributed by atoms with Crippen molar-refractivity contribution in [1.82, 2.24) is 19.4 Å². The minimum absolute atomic E-state index is 0.0337. The molecule has 2 aromatic rings. The number of aromatic nitrogens is 3. The van der Waals surface area contributed by atoms with Crippen molar-refractivity contribution >= 4 is 0 Å². The number of aromatic amines is 1. The lowest BCUT2D eigenvalue weighted by Gasteiger charge is -2.31. The Hall–Kier alpha value is -1.92. The van der Waals surface area contributed by atoms with E-state index in [1.54, 1.807) is 23.2 Å². The molecule has 118 valence electrons. The fourth-order valence-corrected chi connectivity index (χ4v) is 2.76. The topological polar surface area (TPSA) is 63.2 Å². The van der Waals surface area contributed by atoms with Crippen LogP contribution in [0.25, 0.3) is 0 Å². The van der Waals surface area contributed by atoms with Crippen molar-refractivity contribution in [2.45, 2.75) is 32.1 Å². The summed E-state index contributed by atoms with van der Waals surface area (Å²) in [6, 6.07) is 5.89. The fourth-order valence-electron chi connectivity index (χ4n) is 2.76. The molecule has 0 saturated carbocycles. The number of ether oxygens (including phenoxy) is 1. The number of nitrogens with zero attached hydrogens (tertiary/aromatic N) is 3. The SMILES string of the molecule is O=c1[nH]ccn1CCN1CCC(OCc2ccccn2)CC1. The van der Waals surface area contributed by atoms with Gasteiger partial charge in [0.1, 0.15) is 0 Å². The molecule has 22 heavy (non-hydrogen) atoms. The second kappa shape index (κ2) is 7.38. The summed E-state index contributed by atoms with van der Waals surface area (Å²) in [5.74, 6) is 0. The Morgan fingerprint density at radius 2 is 2.14 bits per heavy atom. The van der Waals surface area contributed by atoms with Gasteiger partial charge in [0.25, 0.3) is 0 Å². The van der Waals surface area contributed by atoms with E-state index >= 15 is 0 Å². The van der Waals surface area contributed by atoms with E-state index in [-0.39, 0.29) is 5.69 Å². The molecular formula is C16H22N4O2. The van der Waals surface area contributed by atoms with Gasteiger partial charge in [-0.15, -0.1) is 0 Å². The first-order valence-corrected chi connectivity index (χ1v) is 7.79. The summed E-state index contributed by atoms with van der Waals surface area (Å²) in [6.45, 7) is 4.27. The van der Waals surface area contributed by atoms with E-state index in [9.17, 15) is 4.79 Å². The van der Waals surface area contributed by atoms with Crippen molar-refractivity contribution in [2.75, 3.05) is 19.6 Å². The lowest BCUT2D eigenvalue weighted by Crippen LogP contribution is -2.39. The number of piperidine rings is 1. The van der Waals surface area contributed by atoms with Crippen LogP contribution in [0.4, 0.5) is 0 Å². The first-order chi connectivity index (χ1) is 10.8. The molecule has 0 aromatic carbocycles. The largest absolute Gasteiger partial charge is 0.372 e. The molecule has 0 atom stereocenters. The first-order valence-electron chi connectivity index (χ1n) is 7.79. The maximum absolute atomic E-state index is 11.4. The standard InChI is InChI=1S/C16H22N4O2/c21-16-18-7-10-20(16)12-11-19-8-4-15(5-9-19)22-13-14-3-1-2-6-17-14/h1-3,6-7,10,15H,4-5,8-9,11-13H2,(H,18,21). The van der Waals surface area contributed by atoms with Gasteiger partial charge in [-0.05, 0) is 25.0 Å². The number of hydrogen-bond donors (Lipinski definition) is 1. The van der Waals surface area contributed by atoms with Gasteiger partial charge < -0.3 is 14.6 Å². The van der Waals surface area contributed by atoms with Crippen LogP contribution in [-0.4, -0.2) is 45.2 Å². The summed E-state index contributed by atoms with van der Waals surface area (Å²) in [6.07, 6.45) is 7.66. The molecule has 0 aliphatic carbocycles. The number of hydrogen-bond acceptors (Lipinski definition) is 4. The van der Waals surface area contributed by atoms with Crippen LogP contribution >= 0.6 is 0 Å². The maximum atomic E-state index is 11.4. The van der Waals surface area contributed by atoms with Crippen LogP contribution in [0.3, 0.4) is 0 Å². The molecule has 1 fully saturated rings. The number of H-pyrrole nitrogens is 1. The van der Waals surface area contributed by atoms with Gasteiger partial charge in [0, 0.05) is 44.8 Å². The highest BCUT2D eigenvalue weighted by atomic mass is 16.5. The number of rotatable bonds is 6. The van der Waals surface area contributed by atoms with E-state index in [0.29, 0.717) is 12.7 Å². The van der Waals surface area contributed by atoms with Crippen LogP contribution in [0.5, 0.6) is 0 Å². The lowest BCUT2D eigenvalue weighted by atomic mass is 10.1. The highest BCUT2D eigenvalue weighted by Gasteiger charge is 2.19. The van der Waals surface area contributed by atoms with Gasteiger partial charge >= 0.3 is 5.69 Å². The lowest BCUT2D eigenvalue weighted by molar-refractivity contribution is -0.00425. The fraction of sp³-hybridized carbons (Fsp3) is 0.500. The quantitative estimate of drug-likeness (QED) is 0.872. The van der Waals surface area contributed by atoms with E-state index in [2.05, 4.69) is 14.9 Å². The predicted molar refractivity (Wildman–Crippen MR) is 83.5 cm³/mol. The number of nitrogens with one attached hydrogen (secondary N) is 1. The van der Waals surface area contributed by atoms with Crippen molar-refractivity contribution in [3.8, 4) is 0 Å². The van der Waals surface area contributed by atoms with Gasteiger partial charge in [-0.25, -0.2) is 4.79 Å². The van der Waals surface area contributed by atoms with Crippen LogP contribution < -0.4 is 5.69 Å². The minimum atomic E-state index is -0.0337. The number of imidazole rings is 1.